The molecule has 0 heteroatoms. The van der Waals surface area contributed by atoms with E-state index in [0.29, 0.717) is 5.92 Å². The van der Waals surface area contributed by atoms with Gasteiger partial charge in [0.05, 0.1) is 0 Å². The summed E-state index contributed by atoms with van der Waals surface area (Å²) in [5.41, 5.74) is 10.5. The van der Waals surface area contributed by atoms with E-state index in [1.807, 2.05) is 6.92 Å². The molecule has 0 nitrogen and oxygen atoms in total. The largest absolute Gasteiger partial charge is 0.0955 e. The molecule has 0 aliphatic carbocycles. The summed E-state index contributed by atoms with van der Waals surface area (Å²) in [5.74, 6) is 0.542. The molecule has 0 bridgehead atoms. The lowest BCUT2D eigenvalue weighted by atomic mass is 9.87. The van der Waals surface area contributed by atoms with Gasteiger partial charge in [0.2, 0.25) is 0 Å². The molecule has 172 valence electrons. The molecule has 3 aromatic rings. The summed E-state index contributed by atoms with van der Waals surface area (Å²) < 4.78 is 0. The molecular weight excluding hydrogens is 396 g/mol. The van der Waals surface area contributed by atoms with Crippen molar-refractivity contribution in [2.24, 2.45) is 5.92 Å². The normalized spacial score (nSPS) is 12.8. The van der Waals surface area contributed by atoms with Crippen LogP contribution in [0, 0.1) is 12.8 Å². The second-order valence-corrected chi connectivity index (χ2v) is 8.83. The number of rotatable bonds is 7. The van der Waals surface area contributed by atoms with E-state index in [1.54, 1.807) is 0 Å². The Bertz CT molecular complexity index is 1050. The molecule has 3 rings (SSSR count). The highest BCUT2D eigenvalue weighted by Crippen LogP contribution is 2.31. The van der Waals surface area contributed by atoms with Crippen LogP contribution in [0.15, 0.2) is 103 Å². The van der Waals surface area contributed by atoms with Crippen LogP contribution in [0.25, 0.3) is 16.7 Å². The fraction of sp³-hybridized carbons (Fsp3) is 0.273. The number of benzene rings is 3. The van der Waals surface area contributed by atoms with Crippen molar-refractivity contribution < 1.29 is 0 Å². The van der Waals surface area contributed by atoms with Crippen LogP contribution >= 0.6 is 0 Å². The number of allylic oxidation sites excluding steroid dienone is 5. The van der Waals surface area contributed by atoms with E-state index in [1.165, 1.54) is 39.0 Å². The second-order valence-electron chi connectivity index (χ2n) is 8.83. The van der Waals surface area contributed by atoms with Gasteiger partial charge in [0.25, 0.3) is 0 Å². The van der Waals surface area contributed by atoms with Crippen LogP contribution in [0.4, 0.5) is 0 Å². The molecule has 0 saturated carbocycles. The summed E-state index contributed by atoms with van der Waals surface area (Å²) in [7, 11) is 0. The molecule has 0 amide bonds. The van der Waals surface area contributed by atoms with Crippen LogP contribution in [0.2, 0.25) is 0 Å². The fourth-order valence-corrected chi connectivity index (χ4v) is 3.62. The molecule has 33 heavy (non-hydrogen) atoms. The van der Waals surface area contributed by atoms with Gasteiger partial charge in [0.15, 0.2) is 0 Å². The Balaban J connectivity index is 0.000000321. The van der Waals surface area contributed by atoms with Gasteiger partial charge in [-0.25, -0.2) is 0 Å². The van der Waals surface area contributed by atoms with Gasteiger partial charge in [-0.05, 0) is 67.4 Å². The average Bonchev–Trinajstić information content (AvgIpc) is 2.85. The van der Waals surface area contributed by atoms with Gasteiger partial charge in [0.1, 0.15) is 0 Å². The van der Waals surface area contributed by atoms with E-state index in [2.05, 4.69) is 132 Å². The molecule has 0 spiro atoms. The van der Waals surface area contributed by atoms with E-state index < -0.39 is 0 Å². The molecule has 1 atom stereocenters. The van der Waals surface area contributed by atoms with Crippen LogP contribution in [0.1, 0.15) is 69.7 Å². The molecule has 0 radical (unpaired) electrons. The Morgan fingerprint density at radius 2 is 1.27 bits per heavy atom. The maximum Gasteiger partial charge on any atom is -0.0184 e. The number of hydrogen-bond acceptors (Lipinski definition) is 0. The quantitative estimate of drug-likeness (QED) is 0.323. The van der Waals surface area contributed by atoms with E-state index in [9.17, 15) is 0 Å². The van der Waals surface area contributed by atoms with Gasteiger partial charge in [-0.15, -0.1) is 0 Å². The van der Waals surface area contributed by atoms with Crippen molar-refractivity contribution in [1.29, 1.82) is 0 Å². The highest BCUT2D eigenvalue weighted by atomic mass is 14.2. The SMILES string of the molecule is C=C(C)c1ccc(C)cc1.CC/C(C)=C(/C=C(/c1ccccc1)C(C)CC)c1ccccc1. The topological polar surface area (TPSA) is 0 Å². The van der Waals surface area contributed by atoms with Gasteiger partial charge in [0, 0.05) is 0 Å². The van der Waals surface area contributed by atoms with Gasteiger partial charge in [-0.1, -0.05) is 135 Å². The van der Waals surface area contributed by atoms with E-state index in [4.69, 9.17) is 0 Å². The van der Waals surface area contributed by atoms with Crippen LogP contribution in [-0.4, -0.2) is 0 Å². The Morgan fingerprint density at radius 1 is 0.758 bits per heavy atom. The number of aryl methyl sites for hydroxylation is 1. The predicted molar refractivity (Wildman–Crippen MR) is 149 cm³/mol. The Labute approximate surface area is 202 Å². The monoisotopic (exact) mass is 436 g/mol. The van der Waals surface area contributed by atoms with Crippen molar-refractivity contribution in [3.8, 4) is 0 Å². The zero-order valence-corrected chi connectivity index (χ0v) is 21.4. The molecular formula is C33H40. The zero-order chi connectivity index (χ0) is 24.2. The molecule has 0 fully saturated rings. The van der Waals surface area contributed by atoms with E-state index in [-0.39, 0.29) is 0 Å². The zero-order valence-electron chi connectivity index (χ0n) is 21.4. The van der Waals surface area contributed by atoms with Crippen molar-refractivity contribution in [3.05, 3.63) is 125 Å². The molecule has 1 unspecified atom stereocenters. The summed E-state index contributed by atoms with van der Waals surface area (Å²) in [5, 5.41) is 0. The second kappa shape index (κ2) is 13.4. The van der Waals surface area contributed by atoms with Crippen molar-refractivity contribution in [3.63, 3.8) is 0 Å². The maximum atomic E-state index is 3.86. The molecule has 0 heterocycles. The summed E-state index contributed by atoms with van der Waals surface area (Å²) >= 11 is 0. The van der Waals surface area contributed by atoms with Crippen molar-refractivity contribution >= 4 is 16.7 Å². The highest BCUT2D eigenvalue weighted by Gasteiger charge is 2.12. The standard InChI is InChI=1S/C23H28.C10H12/c1-5-18(3)22(20-13-9-7-10-14-20)17-23(19(4)6-2)21-15-11-8-12-16-21;1-8(2)10-6-4-9(3)5-7-10/h7-18H,5-6H2,1-4H3;4-7H,1H2,2-3H3/b22-17+,23-19-;. The smallest absolute Gasteiger partial charge is 0.0184 e. The van der Waals surface area contributed by atoms with Crippen molar-refractivity contribution in [2.75, 3.05) is 0 Å². The van der Waals surface area contributed by atoms with Crippen LogP contribution in [-0.2, 0) is 0 Å². The minimum atomic E-state index is 0.542. The van der Waals surface area contributed by atoms with Crippen LogP contribution in [0.5, 0.6) is 0 Å². The third-order valence-electron chi connectivity index (χ3n) is 6.17. The summed E-state index contributed by atoms with van der Waals surface area (Å²) in [6, 6.07) is 29.9. The maximum absolute atomic E-state index is 3.86. The fourth-order valence-electron chi connectivity index (χ4n) is 3.62. The molecule has 0 aliphatic heterocycles. The predicted octanol–water partition coefficient (Wildman–Crippen LogP) is 10.0. The lowest BCUT2D eigenvalue weighted by Gasteiger charge is -2.17. The average molecular weight is 437 g/mol. The molecule has 0 aromatic heterocycles. The summed E-state index contributed by atoms with van der Waals surface area (Å²) in [6.07, 6.45) is 4.63. The van der Waals surface area contributed by atoms with Gasteiger partial charge >= 0.3 is 0 Å². The molecule has 3 aromatic carbocycles. The van der Waals surface area contributed by atoms with Gasteiger partial charge in [-0.2, -0.15) is 0 Å². The molecule has 0 aliphatic rings. The first kappa shape index (κ1) is 26.1. The van der Waals surface area contributed by atoms with Gasteiger partial charge < -0.3 is 0 Å². The Hall–Kier alpha value is -3.12. The first-order chi connectivity index (χ1) is 15.9. The van der Waals surface area contributed by atoms with Crippen LogP contribution < -0.4 is 0 Å². The first-order valence-electron chi connectivity index (χ1n) is 12.1. The van der Waals surface area contributed by atoms with Gasteiger partial charge in [-0.3, -0.25) is 0 Å². The lowest BCUT2D eigenvalue weighted by molar-refractivity contribution is 0.718. The first-order valence-corrected chi connectivity index (χ1v) is 12.1. The molecule has 0 saturated heterocycles. The van der Waals surface area contributed by atoms with E-state index in [0.717, 1.165) is 18.4 Å². The van der Waals surface area contributed by atoms with Crippen LogP contribution in [0.3, 0.4) is 0 Å². The minimum absolute atomic E-state index is 0.542. The summed E-state index contributed by atoms with van der Waals surface area (Å²) in [4.78, 5) is 0. The Kier molecular flexibility index (Phi) is 10.6. The third-order valence-corrected chi connectivity index (χ3v) is 6.17. The Morgan fingerprint density at radius 3 is 1.73 bits per heavy atom. The lowest BCUT2D eigenvalue weighted by Crippen LogP contribution is -1.99. The minimum Gasteiger partial charge on any atom is -0.0955 e. The molecule has 0 N–H and O–H groups in total. The van der Waals surface area contributed by atoms with E-state index >= 15 is 0 Å². The van der Waals surface area contributed by atoms with Crippen molar-refractivity contribution in [2.45, 2.75) is 54.4 Å². The third kappa shape index (κ3) is 8.06. The summed E-state index contributed by atoms with van der Waals surface area (Å²) in [6.45, 7) is 17.0. The van der Waals surface area contributed by atoms with Crippen molar-refractivity contribution in [1.82, 2.24) is 0 Å². The number of hydrogen-bond donors (Lipinski definition) is 0. The highest BCUT2D eigenvalue weighted by molar-refractivity contribution is 5.85.